The highest BCUT2D eigenvalue weighted by molar-refractivity contribution is 6.32. The van der Waals surface area contributed by atoms with Crippen LogP contribution in [-0.4, -0.2) is 19.5 Å². The molecule has 144 valence electrons. The van der Waals surface area contributed by atoms with E-state index < -0.39 is 18.2 Å². The van der Waals surface area contributed by atoms with Gasteiger partial charge in [-0.3, -0.25) is 4.57 Å². The van der Waals surface area contributed by atoms with Gasteiger partial charge in [-0.1, -0.05) is 29.3 Å². The summed E-state index contributed by atoms with van der Waals surface area (Å²) in [5.41, 5.74) is -0.0915. The van der Waals surface area contributed by atoms with E-state index in [0.29, 0.717) is 0 Å². The molecule has 0 saturated carbocycles. The zero-order chi connectivity index (χ0) is 20.4. The first-order valence-electron chi connectivity index (χ1n) is 7.93. The molecule has 0 fully saturated rings. The highest BCUT2D eigenvalue weighted by atomic mass is 35.5. The van der Waals surface area contributed by atoms with Gasteiger partial charge >= 0.3 is 5.69 Å². The van der Waals surface area contributed by atoms with E-state index in [2.05, 4.69) is 5.10 Å². The molecule has 7 nitrogen and oxygen atoms in total. The van der Waals surface area contributed by atoms with Crippen molar-refractivity contribution in [3.63, 3.8) is 0 Å². The van der Waals surface area contributed by atoms with Crippen LogP contribution in [0, 0.1) is 17.1 Å². The number of nitrogens with zero attached hydrogens (tertiary/aromatic N) is 4. The molecule has 0 amide bonds. The summed E-state index contributed by atoms with van der Waals surface area (Å²) in [6.45, 7) is -0.583. The van der Waals surface area contributed by atoms with Crippen LogP contribution in [0.1, 0.15) is 17.0 Å². The molecule has 0 aliphatic heterocycles. The summed E-state index contributed by atoms with van der Waals surface area (Å²) in [5.74, 6) is -0.575. The number of aliphatic hydroxyl groups excluding tert-OH is 1. The maximum absolute atomic E-state index is 15.0. The number of rotatable bonds is 5. The van der Waals surface area contributed by atoms with Gasteiger partial charge in [0.1, 0.15) is 18.3 Å². The summed E-state index contributed by atoms with van der Waals surface area (Å²) in [6.07, 6.45) is -0.0307. The average Bonchev–Trinajstić information content (AvgIpc) is 2.94. The van der Waals surface area contributed by atoms with Crippen LogP contribution in [-0.2, 0) is 20.2 Å². The van der Waals surface area contributed by atoms with Gasteiger partial charge in [0.25, 0.3) is 0 Å². The molecule has 3 rings (SSSR count). The van der Waals surface area contributed by atoms with Crippen molar-refractivity contribution in [2.75, 3.05) is 0 Å². The Hall–Kier alpha value is -2.86. The van der Waals surface area contributed by atoms with Crippen LogP contribution in [0.5, 0.6) is 11.5 Å². The number of nitriles is 1. The highest BCUT2D eigenvalue weighted by Crippen LogP contribution is 2.35. The van der Waals surface area contributed by atoms with Crippen LogP contribution in [0.25, 0.3) is 0 Å². The number of halogens is 3. The van der Waals surface area contributed by atoms with E-state index in [4.69, 9.17) is 38.3 Å². The van der Waals surface area contributed by atoms with Crippen LogP contribution in [0.3, 0.4) is 0 Å². The molecule has 0 aliphatic rings. The molecule has 28 heavy (non-hydrogen) atoms. The second-order valence-electron chi connectivity index (χ2n) is 5.81. The Morgan fingerprint density at radius 1 is 1.32 bits per heavy atom. The van der Waals surface area contributed by atoms with Crippen LogP contribution in [0.2, 0.25) is 10.0 Å². The maximum atomic E-state index is 15.0. The SMILES string of the molecule is Cn1c(Cc2ccc(Cl)c(Oc3cc(Cl)cc(C#N)c3)c2F)nn(CO)c1=O. The van der Waals surface area contributed by atoms with Gasteiger partial charge in [-0.05, 0) is 29.8 Å². The first-order valence-corrected chi connectivity index (χ1v) is 8.68. The van der Waals surface area contributed by atoms with E-state index in [1.54, 1.807) is 0 Å². The number of aromatic nitrogens is 3. The first kappa shape index (κ1) is 19.9. The summed E-state index contributed by atoms with van der Waals surface area (Å²) >= 11 is 12.0. The van der Waals surface area contributed by atoms with Crippen molar-refractivity contribution >= 4 is 23.2 Å². The number of ether oxygens (including phenoxy) is 1. The summed E-state index contributed by atoms with van der Waals surface area (Å²) in [6, 6.07) is 9.11. The van der Waals surface area contributed by atoms with Crippen molar-refractivity contribution in [3.05, 3.63) is 73.6 Å². The van der Waals surface area contributed by atoms with Crippen LogP contribution in [0.15, 0.2) is 35.1 Å². The molecule has 0 saturated heterocycles. The van der Waals surface area contributed by atoms with Crippen LogP contribution < -0.4 is 10.4 Å². The van der Waals surface area contributed by atoms with Gasteiger partial charge in [0, 0.05) is 18.5 Å². The molecule has 0 atom stereocenters. The molecule has 0 bridgehead atoms. The number of benzene rings is 2. The lowest BCUT2D eigenvalue weighted by molar-refractivity contribution is 0.189. The van der Waals surface area contributed by atoms with Gasteiger partial charge in [-0.15, -0.1) is 0 Å². The molecule has 1 aromatic heterocycles. The lowest BCUT2D eigenvalue weighted by Crippen LogP contribution is -2.23. The monoisotopic (exact) mass is 422 g/mol. The predicted molar refractivity (Wildman–Crippen MR) is 100 cm³/mol. The molecule has 0 radical (unpaired) electrons. The third-order valence-electron chi connectivity index (χ3n) is 3.96. The second kappa shape index (κ2) is 8.02. The van der Waals surface area contributed by atoms with E-state index in [-0.39, 0.29) is 44.9 Å². The Kier molecular flexibility index (Phi) is 5.70. The van der Waals surface area contributed by atoms with E-state index in [0.717, 1.165) is 4.68 Å². The van der Waals surface area contributed by atoms with Gasteiger partial charge in [0.15, 0.2) is 11.6 Å². The predicted octanol–water partition coefficient (Wildman–Crippen LogP) is 3.23. The van der Waals surface area contributed by atoms with Crippen molar-refractivity contribution in [3.8, 4) is 17.6 Å². The Balaban J connectivity index is 1.98. The zero-order valence-corrected chi connectivity index (χ0v) is 16.0. The smallest absolute Gasteiger partial charge is 0.347 e. The average molecular weight is 423 g/mol. The molecule has 0 aliphatic carbocycles. The van der Waals surface area contributed by atoms with E-state index >= 15 is 4.39 Å². The molecular formula is C18H13Cl2FN4O3. The summed E-state index contributed by atoms with van der Waals surface area (Å²) in [7, 11) is 1.47. The summed E-state index contributed by atoms with van der Waals surface area (Å²) in [4.78, 5) is 11.9. The van der Waals surface area contributed by atoms with E-state index in [1.807, 2.05) is 6.07 Å². The Bertz CT molecular complexity index is 1150. The largest absolute Gasteiger partial charge is 0.453 e. The fourth-order valence-electron chi connectivity index (χ4n) is 2.56. The van der Waals surface area contributed by atoms with Crippen molar-refractivity contribution < 1.29 is 14.2 Å². The van der Waals surface area contributed by atoms with Gasteiger partial charge in [0.2, 0.25) is 0 Å². The van der Waals surface area contributed by atoms with E-state index in [9.17, 15) is 4.79 Å². The fraction of sp³-hybridized carbons (Fsp3) is 0.167. The molecule has 1 N–H and O–H groups in total. The maximum Gasteiger partial charge on any atom is 0.347 e. The van der Waals surface area contributed by atoms with Crippen LogP contribution >= 0.6 is 23.2 Å². The molecule has 2 aromatic carbocycles. The highest BCUT2D eigenvalue weighted by Gasteiger charge is 2.18. The molecular weight excluding hydrogens is 410 g/mol. The molecule has 0 spiro atoms. The lowest BCUT2D eigenvalue weighted by atomic mass is 10.1. The second-order valence-corrected chi connectivity index (χ2v) is 6.66. The summed E-state index contributed by atoms with van der Waals surface area (Å²) < 4.78 is 22.6. The minimum absolute atomic E-state index is 0.0227. The molecule has 1 heterocycles. The third kappa shape index (κ3) is 3.87. The quantitative estimate of drug-likeness (QED) is 0.680. The van der Waals surface area contributed by atoms with Crippen molar-refractivity contribution in [1.29, 1.82) is 5.26 Å². The zero-order valence-electron chi connectivity index (χ0n) is 14.5. The van der Waals surface area contributed by atoms with Crippen molar-refractivity contribution in [1.82, 2.24) is 14.3 Å². The van der Waals surface area contributed by atoms with E-state index in [1.165, 1.54) is 41.9 Å². The Morgan fingerprint density at radius 2 is 2.07 bits per heavy atom. The Labute approximate surface area is 168 Å². The van der Waals surface area contributed by atoms with Crippen molar-refractivity contribution in [2.45, 2.75) is 13.2 Å². The minimum atomic E-state index is -0.739. The van der Waals surface area contributed by atoms with Crippen molar-refractivity contribution in [2.24, 2.45) is 7.05 Å². The van der Waals surface area contributed by atoms with Gasteiger partial charge in [-0.2, -0.15) is 15.0 Å². The normalized spacial score (nSPS) is 10.7. The Morgan fingerprint density at radius 3 is 2.71 bits per heavy atom. The molecule has 0 unspecified atom stereocenters. The fourth-order valence-corrected chi connectivity index (χ4v) is 2.97. The number of aliphatic hydroxyl groups is 1. The van der Waals surface area contributed by atoms with Gasteiger partial charge < -0.3 is 9.84 Å². The lowest BCUT2D eigenvalue weighted by Gasteiger charge is -2.12. The number of hydrogen-bond donors (Lipinski definition) is 1. The topological polar surface area (TPSA) is 93.1 Å². The standard InChI is InChI=1S/C18H13Cl2FN4O3/c1-24-15(23-25(9-26)18(24)27)6-11-2-3-14(20)17(16(11)21)28-13-5-10(8-22)4-12(19)7-13/h2-5,7,26H,6,9H2,1H3. The van der Waals surface area contributed by atoms with Gasteiger partial charge in [0.05, 0.1) is 16.7 Å². The molecule has 10 heteroatoms. The number of hydrogen-bond acceptors (Lipinski definition) is 5. The third-order valence-corrected chi connectivity index (χ3v) is 4.48. The van der Waals surface area contributed by atoms with Crippen LogP contribution in [0.4, 0.5) is 4.39 Å². The molecule has 3 aromatic rings. The minimum Gasteiger partial charge on any atom is -0.453 e. The first-order chi connectivity index (χ1) is 13.3. The summed E-state index contributed by atoms with van der Waals surface area (Å²) in [5, 5.41) is 22.4. The van der Waals surface area contributed by atoms with Gasteiger partial charge in [-0.25, -0.2) is 9.18 Å².